The van der Waals surface area contributed by atoms with Gasteiger partial charge in [0, 0.05) is 24.7 Å². The van der Waals surface area contributed by atoms with Crippen LogP contribution in [0.1, 0.15) is 63.1 Å². The minimum absolute atomic E-state index is 0.127. The second-order valence-electron chi connectivity index (χ2n) is 7.17. The van der Waals surface area contributed by atoms with Crippen molar-refractivity contribution in [2.45, 2.75) is 45.3 Å². The van der Waals surface area contributed by atoms with Crippen LogP contribution < -0.4 is 5.32 Å². The molecule has 1 saturated carbocycles. The number of nitrogens with zero attached hydrogens (tertiary/aromatic N) is 3. The third-order valence-electron chi connectivity index (χ3n) is 4.98. The fourth-order valence-electron chi connectivity index (χ4n) is 3.38. The summed E-state index contributed by atoms with van der Waals surface area (Å²) in [4.78, 5) is 38.9. The number of rotatable bonds is 4. The highest BCUT2D eigenvalue weighted by Gasteiger charge is 2.27. The van der Waals surface area contributed by atoms with Crippen molar-refractivity contribution in [3.63, 3.8) is 0 Å². The van der Waals surface area contributed by atoms with Gasteiger partial charge in [0.1, 0.15) is 0 Å². The number of benzene rings is 1. The van der Waals surface area contributed by atoms with E-state index in [9.17, 15) is 14.4 Å². The van der Waals surface area contributed by atoms with Gasteiger partial charge in [-0.1, -0.05) is 18.2 Å². The Bertz CT molecular complexity index is 914. The minimum Gasteiger partial charge on any atom is -0.348 e. The van der Waals surface area contributed by atoms with Crippen LogP contribution in [0.4, 0.5) is 0 Å². The molecule has 1 aromatic carbocycles. The summed E-state index contributed by atoms with van der Waals surface area (Å²) in [6, 6.07) is 8.94. The monoisotopic (exact) mass is 366 g/mol. The number of amides is 2. The Kier molecular flexibility index (Phi) is 4.51. The number of hydrogen-bond donors (Lipinski definition) is 1. The second-order valence-corrected chi connectivity index (χ2v) is 7.17. The molecule has 1 aliphatic carbocycles. The molecule has 7 nitrogen and oxygen atoms in total. The van der Waals surface area contributed by atoms with Crippen LogP contribution in [0.5, 0.6) is 0 Å². The van der Waals surface area contributed by atoms with Crippen LogP contribution in [0.25, 0.3) is 0 Å². The summed E-state index contributed by atoms with van der Waals surface area (Å²) in [6.07, 6.45) is 2.79. The van der Waals surface area contributed by atoms with E-state index in [1.165, 1.54) is 6.92 Å². The molecule has 0 spiro atoms. The number of carbonyl (C=O) groups is 3. The van der Waals surface area contributed by atoms with Gasteiger partial charge < -0.3 is 10.2 Å². The smallest absolute Gasteiger partial charge is 0.272 e. The van der Waals surface area contributed by atoms with Crippen molar-refractivity contribution in [1.29, 1.82) is 0 Å². The Morgan fingerprint density at radius 1 is 1.11 bits per heavy atom. The molecular formula is C20H22N4O3. The maximum atomic E-state index is 13.0. The van der Waals surface area contributed by atoms with E-state index in [4.69, 9.17) is 0 Å². The van der Waals surface area contributed by atoms with E-state index in [-0.39, 0.29) is 23.6 Å². The lowest BCUT2D eigenvalue weighted by atomic mass is 10.0. The molecule has 1 N–H and O–H groups in total. The summed E-state index contributed by atoms with van der Waals surface area (Å²) >= 11 is 0. The zero-order valence-electron chi connectivity index (χ0n) is 15.3. The van der Waals surface area contributed by atoms with Crippen LogP contribution in [0.15, 0.2) is 30.3 Å². The Labute approximate surface area is 157 Å². The third kappa shape index (κ3) is 3.63. The molecule has 27 heavy (non-hydrogen) atoms. The number of Topliss-reactive ketones (excluding diaryl/α,β-unsaturated/α-hetero) is 1. The van der Waals surface area contributed by atoms with Crippen LogP contribution in [-0.2, 0) is 13.1 Å². The van der Waals surface area contributed by atoms with Crippen molar-refractivity contribution in [3.8, 4) is 0 Å². The maximum absolute atomic E-state index is 13.0. The molecule has 0 unspecified atom stereocenters. The van der Waals surface area contributed by atoms with Gasteiger partial charge >= 0.3 is 0 Å². The summed E-state index contributed by atoms with van der Waals surface area (Å²) in [5.74, 6) is -0.449. The zero-order valence-corrected chi connectivity index (χ0v) is 15.3. The van der Waals surface area contributed by atoms with Crippen LogP contribution in [-0.4, -0.2) is 44.9 Å². The van der Waals surface area contributed by atoms with E-state index in [0.717, 1.165) is 25.0 Å². The lowest BCUT2D eigenvalue weighted by Gasteiger charge is -2.21. The molecule has 140 valence electrons. The largest absolute Gasteiger partial charge is 0.348 e. The van der Waals surface area contributed by atoms with Crippen LogP contribution in [0.2, 0.25) is 0 Å². The van der Waals surface area contributed by atoms with Gasteiger partial charge in [-0.2, -0.15) is 5.10 Å². The molecule has 2 aliphatic rings. The second kappa shape index (κ2) is 6.98. The summed E-state index contributed by atoms with van der Waals surface area (Å²) in [6.45, 7) is 3.07. The highest BCUT2D eigenvalue weighted by molar-refractivity contribution is 6.07. The summed E-state index contributed by atoms with van der Waals surface area (Å²) in [5.41, 5.74) is 2.09. The molecule has 2 amide bonds. The van der Waals surface area contributed by atoms with Crippen LogP contribution in [0, 0.1) is 0 Å². The lowest BCUT2D eigenvalue weighted by Crippen LogP contribution is -2.31. The molecule has 0 radical (unpaired) electrons. The quantitative estimate of drug-likeness (QED) is 0.839. The Morgan fingerprint density at radius 2 is 1.85 bits per heavy atom. The van der Waals surface area contributed by atoms with Gasteiger partial charge in [0.15, 0.2) is 11.5 Å². The van der Waals surface area contributed by atoms with Gasteiger partial charge in [-0.15, -0.1) is 0 Å². The molecule has 7 heteroatoms. The van der Waals surface area contributed by atoms with Gasteiger partial charge in [-0.05, 0) is 38.3 Å². The molecule has 2 aromatic rings. The molecule has 1 fully saturated rings. The average molecular weight is 366 g/mol. The first-order valence-electron chi connectivity index (χ1n) is 9.30. The van der Waals surface area contributed by atoms with Gasteiger partial charge in [0.05, 0.1) is 17.8 Å². The standard InChI is InChI=1S/C20H22N4O3/c1-13(25)16-5-2-3-6-17(16)20(27)23-9-4-10-24-15(12-23)11-18(22-24)19(26)21-14-7-8-14/h2-3,5-6,11,14H,4,7-10,12H2,1H3,(H,21,26). The van der Waals surface area contributed by atoms with E-state index >= 15 is 0 Å². The van der Waals surface area contributed by atoms with Gasteiger partial charge in [0.2, 0.25) is 0 Å². The van der Waals surface area contributed by atoms with Crippen molar-refractivity contribution in [2.24, 2.45) is 0 Å². The first-order chi connectivity index (χ1) is 13.0. The zero-order chi connectivity index (χ0) is 19.0. The van der Waals surface area contributed by atoms with E-state index in [1.807, 2.05) is 4.68 Å². The van der Waals surface area contributed by atoms with Crippen molar-refractivity contribution in [1.82, 2.24) is 20.0 Å². The highest BCUT2D eigenvalue weighted by Crippen LogP contribution is 2.21. The van der Waals surface area contributed by atoms with Gasteiger partial charge in [-0.25, -0.2) is 0 Å². The molecule has 1 aliphatic heterocycles. The number of hydrogen-bond acceptors (Lipinski definition) is 4. The topological polar surface area (TPSA) is 84.3 Å². The Balaban J connectivity index is 1.56. The van der Waals surface area contributed by atoms with Crippen molar-refractivity contribution in [2.75, 3.05) is 6.54 Å². The first kappa shape index (κ1) is 17.5. The van der Waals surface area contributed by atoms with Crippen molar-refractivity contribution < 1.29 is 14.4 Å². The van der Waals surface area contributed by atoms with E-state index in [2.05, 4.69) is 10.4 Å². The third-order valence-corrected chi connectivity index (χ3v) is 4.98. The van der Waals surface area contributed by atoms with Gasteiger partial charge in [-0.3, -0.25) is 19.1 Å². The summed E-state index contributed by atoms with van der Waals surface area (Å²) < 4.78 is 1.81. The summed E-state index contributed by atoms with van der Waals surface area (Å²) in [5, 5.41) is 7.36. The van der Waals surface area contributed by atoms with Crippen LogP contribution in [0.3, 0.4) is 0 Å². The Hall–Kier alpha value is -2.96. The lowest BCUT2D eigenvalue weighted by molar-refractivity contribution is 0.0741. The van der Waals surface area contributed by atoms with E-state index in [0.29, 0.717) is 36.5 Å². The Morgan fingerprint density at radius 3 is 2.56 bits per heavy atom. The predicted molar refractivity (Wildman–Crippen MR) is 98.5 cm³/mol. The van der Waals surface area contributed by atoms with Crippen molar-refractivity contribution in [3.05, 3.63) is 52.8 Å². The van der Waals surface area contributed by atoms with Gasteiger partial charge in [0.25, 0.3) is 11.8 Å². The molecule has 4 rings (SSSR count). The van der Waals surface area contributed by atoms with E-state index < -0.39 is 0 Å². The van der Waals surface area contributed by atoms with Crippen LogP contribution >= 0.6 is 0 Å². The molecule has 0 bridgehead atoms. The number of aryl methyl sites for hydroxylation is 1. The minimum atomic E-state index is -0.167. The highest BCUT2D eigenvalue weighted by atomic mass is 16.2. The number of carbonyl (C=O) groups excluding carboxylic acids is 3. The fourth-order valence-corrected chi connectivity index (χ4v) is 3.38. The first-order valence-corrected chi connectivity index (χ1v) is 9.30. The number of fused-ring (bicyclic) bond motifs is 1. The van der Waals surface area contributed by atoms with Crippen molar-refractivity contribution >= 4 is 17.6 Å². The molecule has 1 aromatic heterocycles. The molecule has 0 atom stereocenters. The SMILES string of the molecule is CC(=O)c1ccccc1C(=O)N1CCCn2nc(C(=O)NC3CC3)cc2C1. The predicted octanol–water partition coefficient (Wildman–Crippen LogP) is 2.02. The summed E-state index contributed by atoms with van der Waals surface area (Å²) in [7, 11) is 0. The molecule has 0 saturated heterocycles. The number of nitrogens with one attached hydrogen (secondary N) is 1. The molecule has 2 heterocycles. The fraction of sp³-hybridized carbons (Fsp3) is 0.400. The normalized spacial score (nSPS) is 16.4. The maximum Gasteiger partial charge on any atom is 0.272 e. The number of aromatic nitrogens is 2. The average Bonchev–Trinajstić information content (AvgIpc) is 3.42. The van der Waals surface area contributed by atoms with E-state index in [1.54, 1.807) is 35.2 Å². The molecular weight excluding hydrogens is 344 g/mol. The number of ketones is 1.